The van der Waals surface area contributed by atoms with E-state index in [1.165, 1.54) is 5.01 Å². The van der Waals surface area contributed by atoms with Crippen LogP contribution in [-0.2, 0) is 19.4 Å². The molecule has 1 heterocycles. The van der Waals surface area contributed by atoms with Crippen LogP contribution in [-0.4, -0.2) is 83.4 Å². The Kier molecular flexibility index (Phi) is 12.4. The van der Waals surface area contributed by atoms with Gasteiger partial charge in [-0.15, -0.1) is 0 Å². The van der Waals surface area contributed by atoms with Gasteiger partial charge < -0.3 is 20.9 Å². The summed E-state index contributed by atoms with van der Waals surface area (Å²) in [6, 6.07) is 6.60. The van der Waals surface area contributed by atoms with Gasteiger partial charge in [0.1, 0.15) is 12.1 Å². The Labute approximate surface area is 323 Å². The molecule has 0 radical (unpaired) electrons. The number of hydrogen-bond donors (Lipinski definition) is 4. The highest BCUT2D eigenvalue weighted by Gasteiger charge is 2.70. The lowest BCUT2D eigenvalue weighted by Crippen LogP contribution is -2.65. The minimum Gasteiger partial charge on any atom is -0.332 e. The van der Waals surface area contributed by atoms with Crippen LogP contribution in [0.1, 0.15) is 138 Å². The second-order valence-corrected chi connectivity index (χ2v) is 21.3. The zero-order chi connectivity index (χ0) is 39.7. The van der Waals surface area contributed by atoms with Gasteiger partial charge in [-0.2, -0.15) is 0 Å². The first-order chi connectivity index (χ1) is 25.3. The van der Waals surface area contributed by atoms with Crippen LogP contribution in [0.5, 0.6) is 0 Å². The Bertz CT molecular complexity index is 1630. The van der Waals surface area contributed by atoms with Crippen LogP contribution < -0.4 is 21.4 Å². The number of carbonyl (C=O) groups excluding carboxylic acids is 4. The van der Waals surface area contributed by atoms with Crippen molar-refractivity contribution in [3.8, 4) is 0 Å². The number of hydrazine groups is 1. The van der Waals surface area contributed by atoms with Gasteiger partial charge in [-0.25, -0.2) is 23.0 Å². The third-order valence-electron chi connectivity index (χ3n) is 13.1. The number of sulfone groups is 1. The van der Waals surface area contributed by atoms with Gasteiger partial charge in [-0.3, -0.25) is 15.0 Å². The standard InChI is InChI=1S/C41H66N6O6S/c1-9-25-47(37(51)42-28(2)29-19-13-10-14-20-29)45-34(48)32-31-30(39(31,6)7)26-46(32)35(49)33(40(8)21-15-11-16-22-40)43-36(50)44-41(23-17-12-18-24-41)27-54(52,53)38(3,4)5/h10,13-14,19-20,28,30-33H,9,11-12,15-18,21-27H2,1-8H3,(H,42,51)(H,45,48)(H2,43,44,50)/t28-,30-,31-,32-,33+/m0/s1. The summed E-state index contributed by atoms with van der Waals surface area (Å²) >= 11 is 0. The fraction of sp³-hybridized carbons (Fsp3) is 0.756. The molecule has 5 rings (SSSR count). The van der Waals surface area contributed by atoms with Crippen molar-refractivity contribution < 1.29 is 27.6 Å². The topological polar surface area (TPSA) is 157 Å². The SMILES string of the molecule is CCCN(NC(=O)[C@@H]1[C@@H]2[C@H](CN1C(=O)[C@@H](NC(=O)NC1(CS(=O)(=O)C(C)(C)C)CCCCC1)C1(C)CCCCC1)C2(C)C)C(=O)N[C@@H](C)c1ccccc1. The highest BCUT2D eigenvalue weighted by molar-refractivity contribution is 7.92. The maximum Gasteiger partial charge on any atom is 0.336 e. The van der Waals surface area contributed by atoms with E-state index in [9.17, 15) is 27.6 Å². The number of fused-ring (bicyclic) bond motifs is 1. The molecular formula is C41H66N6O6S. The van der Waals surface area contributed by atoms with Gasteiger partial charge in [-0.05, 0) is 88.0 Å². The molecule has 3 saturated carbocycles. The molecule has 1 aromatic rings. The normalized spacial score (nSPS) is 25.3. The predicted molar refractivity (Wildman–Crippen MR) is 211 cm³/mol. The molecule has 3 aliphatic carbocycles. The van der Waals surface area contributed by atoms with Gasteiger partial charge in [0.15, 0.2) is 9.84 Å². The summed E-state index contributed by atoms with van der Waals surface area (Å²) in [6.45, 7) is 15.8. The van der Waals surface area contributed by atoms with Crippen LogP contribution >= 0.6 is 0 Å². The Morgan fingerprint density at radius 2 is 1.50 bits per heavy atom. The fourth-order valence-electron chi connectivity index (χ4n) is 9.40. The zero-order valence-electron chi connectivity index (χ0n) is 33.9. The Hall–Kier alpha value is -3.35. The third-order valence-corrected chi connectivity index (χ3v) is 15.9. The molecule has 0 aromatic heterocycles. The smallest absolute Gasteiger partial charge is 0.332 e. The van der Waals surface area contributed by atoms with Crippen LogP contribution in [0.3, 0.4) is 0 Å². The highest BCUT2D eigenvalue weighted by Crippen LogP contribution is 2.65. The van der Waals surface area contributed by atoms with E-state index >= 15 is 0 Å². The van der Waals surface area contributed by atoms with Crippen LogP contribution in [0.25, 0.3) is 0 Å². The number of nitrogens with one attached hydrogen (secondary N) is 4. The number of urea groups is 2. The average molecular weight is 771 g/mol. The molecular weight excluding hydrogens is 705 g/mol. The van der Waals surface area contributed by atoms with E-state index in [4.69, 9.17) is 0 Å². The largest absolute Gasteiger partial charge is 0.336 e. The third kappa shape index (κ3) is 8.86. The van der Waals surface area contributed by atoms with E-state index in [0.29, 0.717) is 25.8 Å². The highest BCUT2D eigenvalue weighted by atomic mass is 32.2. The van der Waals surface area contributed by atoms with Crippen LogP contribution in [0.2, 0.25) is 0 Å². The second kappa shape index (κ2) is 16.0. The summed E-state index contributed by atoms with van der Waals surface area (Å²) in [5.41, 5.74) is 2.17. The van der Waals surface area contributed by atoms with Crippen LogP contribution in [0.15, 0.2) is 30.3 Å². The van der Waals surface area contributed by atoms with Gasteiger partial charge in [0.05, 0.1) is 22.1 Å². The first-order valence-corrected chi connectivity index (χ1v) is 22.0. The van der Waals surface area contributed by atoms with Crippen molar-refractivity contribution in [2.75, 3.05) is 18.8 Å². The first-order valence-electron chi connectivity index (χ1n) is 20.3. The summed E-state index contributed by atoms with van der Waals surface area (Å²) < 4.78 is 26.0. The molecule has 6 amide bonds. The van der Waals surface area contributed by atoms with E-state index in [1.54, 1.807) is 25.7 Å². The quantitative estimate of drug-likeness (QED) is 0.195. The molecule has 5 atom stereocenters. The molecule has 13 heteroatoms. The molecule has 1 saturated heterocycles. The summed E-state index contributed by atoms with van der Waals surface area (Å²) in [4.78, 5) is 58.6. The second-order valence-electron chi connectivity index (χ2n) is 18.6. The molecule has 4 N–H and O–H groups in total. The Morgan fingerprint density at radius 3 is 2.07 bits per heavy atom. The van der Waals surface area contributed by atoms with E-state index in [0.717, 1.165) is 56.9 Å². The predicted octanol–water partition coefficient (Wildman–Crippen LogP) is 6.24. The molecule has 302 valence electrons. The van der Waals surface area contributed by atoms with Crippen molar-refractivity contribution in [2.24, 2.45) is 22.7 Å². The van der Waals surface area contributed by atoms with Gasteiger partial charge >= 0.3 is 12.1 Å². The van der Waals surface area contributed by atoms with E-state index < -0.39 is 55.6 Å². The first kappa shape index (κ1) is 41.8. The molecule has 1 aliphatic heterocycles. The lowest BCUT2D eigenvalue weighted by molar-refractivity contribution is -0.146. The van der Waals surface area contributed by atoms with Crippen molar-refractivity contribution in [3.63, 3.8) is 0 Å². The molecule has 1 aromatic carbocycles. The van der Waals surface area contributed by atoms with Gasteiger partial charge in [-0.1, -0.05) is 96.6 Å². The van der Waals surface area contributed by atoms with E-state index in [1.807, 2.05) is 51.1 Å². The molecule has 0 unspecified atom stereocenters. The van der Waals surface area contributed by atoms with Crippen molar-refractivity contribution >= 4 is 33.7 Å². The number of carbonyl (C=O) groups is 4. The van der Waals surface area contributed by atoms with Gasteiger partial charge in [0, 0.05) is 13.1 Å². The Balaban J connectivity index is 1.38. The maximum atomic E-state index is 15.0. The van der Waals surface area contributed by atoms with E-state index in [2.05, 4.69) is 35.2 Å². The van der Waals surface area contributed by atoms with E-state index in [-0.39, 0.29) is 41.5 Å². The number of hydrogen-bond acceptors (Lipinski definition) is 6. The number of amides is 6. The van der Waals surface area contributed by atoms with Crippen LogP contribution in [0.4, 0.5) is 9.59 Å². The lowest BCUT2D eigenvalue weighted by Gasteiger charge is -2.44. The van der Waals surface area contributed by atoms with Gasteiger partial charge in [0.2, 0.25) is 5.91 Å². The molecule has 0 spiro atoms. The number of benzene rings is 1. The number of nitrogens with zero attached hydrogens (tertiary/aromatic N) is 2. The molecule has 54 heavy (non-hydrogen) atoms. The lowest BCUT2D eigenvalue weighted by atomic mass is 9.70. The van der Waals surface area contributed by atoms with Crippen molar-refractivity contribution in [2.45, 2.75) is 154 Å². The zero-order valence-corrected chi connectivity index (χ0v) is 34.7. The summed E-state index contributed by atoms with van der Waals surface area (Å²) in [5.74, 6) is -0.876. The molecule has 12 nitrogen and oxygen atoms in total. The summed E-state index contributed by atoms with van der Waals surface area (Å²) in [6.07, 6.45) is 8.64. The molecule has 0 bridgehead atoms. The average Bonchev–Trinajstić information content (AvgIpc) is 3.41. The summed E-state index contributed by atoms with van der Waals surface area (Å²) in [7, 11) is -3.56. The van der Waals surface area contributed by atoms with Crippen molar-refractivity contribution in [1.29, 1.82) is 0 Å². The summed E-state index contributed by atoms with van der Waals surface area (Å²) in [5, 5.41) is 10.5. The minimum atomic E-state index is -3.56. The molecule has 4 fully saturated rings. The van der Waals surface area contributed by atoms with Crippen molar-refractivity contribution in [1.82, 2.24) is 31.3 Å². The maximum absolute atomic E-state index is 15.0. The number of likely N-dealkylation sites (tertiary alicyclic amines) is 1. The van der Waals surface area contributed by atoms with Crippen LogP contribution in [0, 0.1) is 22.7 Å². The van der Waals surface area contributed by atoms with Gasteiger partial charge in [0.25, 0.3) is 5.91 Å². The molecule has 4 aliphatic rings. The number of piperidine rings is 1. The number of rotatable bonds is 11. The van der Waals surface area contributed by atoms with Crippen molar-refractivity contribution in [3.05, 3.63) is 35.9 Å². The Morgan fingerprint density at radius 1 is 0.907 bits per heavy atom. The fourth-order valence-corrected chi connectivity index (χ4v) is 10.9. The minimum absolute atomic E-state index is 0.0991. The monoisotopic (exact) mass is 770 g/mol.